The molecule has 33 heavy (non-hydrogen) atoms. The first-order chi connectivity index (χ1) is 15.2. The highest BCUT2D eigenvalue weighted by atomic mass is 16.6. The van der Waals surface area contributed by atoms with Gasteiger partial charge in [-0.05, 0) is 60.0 Å². The number of hydrogen-bond acceptors (Lipinski definition) is 7. The summed E-state index contributed by atoms with van der Waals surface area (Å²) in [5.74, 6) is -1.73. The van der Waals surface area contributed by atoms with Crippen LogP contribution in [0.4, 0.5) is 0 Å². The van der Waals surface area contributed by atoms with Crippen molar-refractivity contribution in [2.75, 3.05) is 0 Å². The van der Waals surface area contributed by atoms with Crippen LogP contribution in [0.3, 0.4) is 0 Å². The van der Waals surface area contributed by atoms with Crippen LogP contribution in [-0.4, -0.2) is 47.4 Å². The molecule has 0 aromatic heterocycles. The van der Waals surface area contributed by atoms with Gasteiger partial charge in [0.1, 0.15) is 23.4 Å². The van der Waals surface area contributed by atoms with Crippen LogP contribution in [0, 0.1) is 17.8 Å². The summed E-state index contributed by atoms with van der Waals surface area (Å²) in [6, 6.07) is 0. The van der Waals surface area contributed by atoms with Crippen LogP contribution in [0.15, 0.2) is 23.3 Å². The topological polar surface area (TPSA) is 88.1 Å². The number of esters is 3. The lowest BCUT2D eigenvalue weighted by atomic mass is 9.60. The van der Waals surface area contributed by atoms with E-state index in [1.54, 1.807) is 0 Å². The van der Waals surface area contributed by atoms with Gasteiger partial charge in [0, 0.05) is 38.5 Å². The van der Waals surface area contributed by atoms with Crippen LogP contribution < -0.4 is 0 Å². The highest BCUT2D eigenvalue weighted by molar-refractivity contribution is 5.67. The van der Waals surface area contributed by atoms with E-state index in [0.717, 1.165) is 18.4 Å². The second-order valence-corrected chi connectivity index (χ2v) is 10.6. The molecule has 0 amide bonds. The number of fused-ring (bicyclic) bond motifs is 5. The molecule has 0 spiro atoms. The van der Waals surface area contributed by atoms with Crippen molar-refractivity contribution in [3.8, 4) is 0 Å². The first-order valence-corrected chi connectivity index (χ1v) is 11.8. The zero-order chi connectivity index (χ0) is 24.7. The third-order valence-electron chi connectivity index (χ3n) is 7.35. The minimum absolute atomic E-state index is 0.0120. The molecule has 2 heterocycles. The maximum Gasteiger partial charge on any atom is 0.303 e. The molecule has 0 aromatic rings. The van der Waals surface area contributed by atoms with Gasteiger partial charge < -0.3 is 18.9 Å². The van der Waals surface area contributed by atoms with Crippen LogP contribution in [0.1, 0.15) is 74.7 Å². The fraction of sp³-hybridized carbons (Fsp3) is 0.731. The summed E-state index contributed by atoms with van der Waals surface area (Å²) in [7, 11) is 0. The Labute approximate surface area is 196 Å². The Morgan fingerprint density at radius 2 is 1.76 bits per heavy atom. The van der Waals surface area contributed by atoms with Crippen molar-refractivity contribution in [3.63, 3.8) is 0 Å². The Morgan fingerprint density at radius 3 is 2.33 bits per heavy atom. The third kappa shape index (κ3) is 5.18. The Kier molecular flexibility index (Phi) is 7.13. The molecule has 0 N–H and O–H groups in total. The molecule has 0 saturated carbocycles. The van der Waals surface area contributed by atoms with Crippen LogP contribution in [0.25, 0.3) is 0 Å². The van der Waals surface area contributed by atoms with Crippen molar-refractivity contribution in [3.05, 3.63) is 23.3 Å². The molecule has 7 nitrogen and oxygen atoms in total. The summed E-state index contributed by atoms with van der Waals surface area (Å²) < 4.78 is 24.3. The Morgan fingerprint density at radius 1 is 1.09 bits per heavy atom. The molecule has 7 atom stereocenters. The minimum atomic E-state index is -0.950. The fourth-order valence-corrected chi connectivity index (χ4v) is 6.41. The highest BCUT2D eigenvalue weighted by Crippen LogP contribution is 2.55. The van der Waals surface area contributed by atoms with Crippen molar-refractivity contribution >= 4 is 17.9 Å². The van der Waals surface area contributed by atoms with Crippen molar-refractivity contribution in [2.45, 2.75) is 104 Å². The molecule has 2 aliphatic heterocycles. The van der Waals surface area contributed by atoms with Gasteiger partial charge in [0.05, 0.1) is 6.10 Å². The van der Waals surface area contributed by atoms with Gasteiger partial charge in [-0.1, -0.05) is 17.2 Å². The summed E-state index contributed by atoms with van der Waals surface area (Å²) >= 11 is 0. The van der Waals surface area contributed by atoms with E-state index in [4.69, 9.17) is 18.9 Å². The first kappa shape index (κ1) is 25.5. The van der Waals surface area contributed by atoms with E-state index in [2.05, 4.69) is 13.0 Å². The second kappa shape index (κ2) is 9.24. The van der Waals surface area contributed by atoms with Crippen molar-refractivity contribution in [2.24, 2.45) is 17.8 Å². The molecular formula is C26H38O7. The number of rotatable bonds is 4. The van der Waals surface area contributed by atoms with E-state index in [-0.39, 0.29) is 29.8 Å². The van der Waals surface area contributed by atoms with Gasteiger partial charge >= 0.3 is 17.9 Å². The van der Waals surface area contributed by atoms with E-state index < -0.39 is 35.3 Å². The van der Waals surface area contributed by atoms with Crippen molar-refractivity contribution < 1.29 is 33.3 Å². The van der Waals surface area contributed by atoms with Crippen LogP contribution >= 0.6 is 0 Å². The predicted octanol–water partition coefficient (Wildman–Crippen LogP) is 4.29. The zero-order valence-electron chi connectivity index (χ0n) is 21.1. The van der Waals surface area contributed by atoms with Gasteiger partial charge in [-0.3, -0.25) is 14.4 Å². The lowest BCUT2D eigenvalue weighted by Crippen LogP contribution is -2.57. The lowest BCUT2D eigenvalue weighted by Gasteiger charge is -2.49. The summed E-state index contributed by atoms with van der Waals surface area (Å²) in [5.41, 5.74) is 0.479. The smallest absolute Gasteiger partial charge is 0.303 e. The Balaban J connectivity index is 2.20. The number of carbonyl (C=O) groups is 3. The number of carbonyl (C=O) groups excluding carboxylic acids is 3. The predicted molar refractivity (Wildman–Crippen MR) is 122 cm³/mol. The van der Waals surface area contributed by atoms with E-state index in [1.165, 1.54) is 26.3 Å². The van der Waals surface area contributed by atoms with E-state index in [0.29, 0.717) is 6.42 Å². The van der Waals surface area contributed by atoms with E-state index >= 15 is 0 Å². The average Bonchev–Trinajstić information content (AvgIpc) is 3.00. The molecule has 1 fully saturated rings. The van der Waals surface area contributed by atoms with E-state index in [1.807, 2.05) is 33.8 Å². The molecular weight excluding hydrogens is 424 g/mol. The monoisotopic (exact) mass is 462 g/mol. The Bertz CT molecular complexity index is 870. The molecule has 1 unspecified atom stereocenters. The Hall–Kier alpha value is -2.15. The summed E-state index contributed by atoms with van der Waals surface area (Å²) in [6.07, 6.45) is 5.15. The second-order valence-electron chi connectivity index (χ2n) is 10.6. The van der Waals surface area contributed by atoms with Gasteiger partial charge in [0.15, 0.2) is 0 Å². The maximum absolute atomic E-state index is 12.2. The summed E-state index contributed by atoms with van der Waals surface area (Å²) in [6.45, 7) is 13.9. The van der Waals surface area contributed by atoms with E-state index in [9.17, 15) is 14.4 Å². The molecule has 3 aliphatic rings. The third-order valence-corrected chi connectivity index (χ3v) is 7.35. The lowest BCUT2D eigenvalue weighted by molar-refractivity contribution is -0.191. The molecule has 0 radical (unpaired) electrons. The normalized spacial score (nSPS) is 37.8. The highest BCUT2D eigenvalue weighted by Gasteiger charge is 2.62. The van der Waals surface area contributed by atoms with Crippen LogP contribution in [0.5, 0.6) is 0 Å². The zero-order valence-corrected chi connectivity index (χ0v) is 21.1. The van der Waals surface area contributed by atoms with Gasteiger partial charge in [0.2, 0.25) is 0 Å². The van der Waals surface area contributed by atoms with Crippen LogP contribution in [-0.2, 0) is 33.3 Å². The molecule has 1 aliphatic carbocycles. The largest absolute Gasteiger partial charge is 0.459 e. The van der Waals surface area contributed by atoms with Gasteiger partial charge in [-0.2, -0.15) is 0 Å². The quantitative estimate of drug-likeness (QED) is 0.350. The molecule has 7 heteroatoms. The first-order valence-electron chi connectivity index (χ1n) is 11.8. The number of allylic oxidation sites excluding steroid dienone is 1. The van der Waals surface area contributed by atoms with Gasteiger partial charge in [-0.25, -0.2) is 0 Å². The molecule has 0 aromatic carbocycles. The van der Waals surface area contributed by atoms with Crippen LogP contribution in [0.2, 0.25) is 0 Å². The van der Waals surface area contributed by atoms with Crippen molar-refractivity contribution in [1.29, 1.82) is 0 Å². The minimum Gasteiger partial charge on any atom is -0.459 e. The molecule has 1 saturated heterocycles. The molecule has 2 bridgehead atoms. The van der Waals surface area contributed by atoms with Crippen molar-refractivity contribution in [1.82, 2.24) is 0 Å². The summed E-state index contributed by atoms with van der Waals surface area (Å²) in [5, 5.41) is 0. The molecule has 3 rings (SSSR count). The molecule has 184 valence electrons. The number of ether oxygens (including phenoxy) is 4. The number of hydrogen-bond donors (Lipinski definition) is 0. The van der Waals surface area contributed by atoms with Gasteiger partial charge in [0.25, 0.3) is 0 Å². The summed E-state index contributed by atoms with van der Waals surface area (Å²) in [4.78, 5) is 36.2. The SMILES string of the molecule is CC(=O)O[C@@H]1C=C(C)[C@H]2[C@@H](C1C(C)(C)OC(C)=O)[C@H]1O[C@@H]2C/C(C)=C/CC[C@@]1(C)OC(C)=O. The maximum atomic E-state index is 12.2. The average molecular weight is 463 g/mol. The fourth-order valence-electron chi connectivity index (χ4n) is 6.41. The standard InChI is InChI=1S/C26H38O7/c1-14-10-9-11-26(8,33-18(5)29)24-22-21(19(12-14)31-24)15(2)13-20(30-16(3)27)23(22)25(6,7)32-17(4)28/h10,13,19-24H,9,11-12H2,1-8H3/b14-10+/t19-,20-,21-,22+,23?,24-,26-/m1/s1. The van der Waals surface area contributed by atoms with Gasteiger partial charge in [-0.15, -0.1) is 0 Å².